The SMILES string of the molecule is Oc1cc(Br)ccc1-c1nc(-c2ccccc2Cl)no1. The summed E-state index contributed by atoms with van der Waals surface area (Å²) in [5.41, 5.74) is 1.15. The highest BCUT2D eigenvalue weighted by Gasteiger charge is 2.15. The molecule has 0 amide bonds. The summed E-state index contributed by atoms with van der Waals surface area (Å²) in [6.45, 7) is 0. The van der Waals surface area contributed by atoms with Crippen LogP contribution >= 0.6 is 27.5 Å². The van der Waals surface area contributed by atoms with Gasteiger partial charge in [0.15, 0.2) is 0 Å². The standard InChI is InChI=1S/C14H8BrClN2O2/c15-8-5-6-10(12(19)7-8)14-17-13(18-20-14)9-3-1-2-4-11(9)16/h1-7,19H. The Hall–Kier alpha value is -1.85. The van der Waals surface area contributed by atoms with Gasteiger partial charge in [0.1, 0.15) is 5.75 Å². The van der Waals surface area contributed by atoms with Crippen LogP contribution in [0.3, 0.4) is 0 Å². The minimum Gasteiger partial charge on any atom is -0.507 e. The Kier molecular flexibility index (Phi) is 3.46. The third-order valence-corrected chi connectivity index (χ3v) is 3.55. The molecule has 0 spiro atoms. The van der Waals surface area contributed by atoms with Gasteiger partial charge >= 0.3 is 0 Å². The number of benzene rings is 2. The van der Waals surface area contributed by atoms with Gasteiger partial charge in [-0.1, -0.05) is 44.8 Å². The minimum atomic E-state index is 0.0636. The molecular formula is C14H8BrClN2O2. The van der Waals surface area contributed by atoms with Crippen molar-refractivity contribution >= 4 is 27.5 Å². The van der Waals surface area contributed by atoms with Gasteiger partial charge in [-0.05, 0) is 30.3 Å². The summed E-state index contributed by atoms with van der Waals surface area (Å²) in [4.78, 5) is 4.26. The number of hydrogen-bond acceptors (Lipinski definition) is 4. The van der Waals surface area contributed by atoms with Gasteiger partial charge in [0.25, 0.3) is 5.89 Å². The van der Waals surface area contributed by atoms with Crippen molar-refractivity contribution in [3.8, 4) is 28.6 Å². The third kappa shape index (κ3) is 2.42. The number of rotatable bonds is 2. The lowest BCUT2D eigenvalue weighted by molar-refractivity contribution is 0.425. The van der Waals surface area contributed by atoms with Crippen molar-refractivity contribution in [3.63, 3.8) is 0 Å². The molecule has 2 aromatic carbocycles. The normalized spacial score (nSPS) is 10.7. The van der Waals surface area contributed by atoms with E-state index in [2.05, 4.69) is 26.1 Å². The minimum absolute atomic E-state index is 0.0636. The second-order valence-electron chi connectivity index (χ2n) is 4.06. The van der Waals surface area contributed by atoms with E-state index in [9.17, 15) is 5.11 Å². The summed E-state index contributed by atoms with van der Waals surface area (Å²) >= 11 is 9.37. The van der Waals surface area contributed by atoms with E-state index in [1.54, 1.807) is 30.3 Å². The fraction of sp³-hybridized carbons (Fsp3) is 0. The first-order valence-electron chi connectivity index (χ1n) is 5.72. The van der Waals surface area contributed by atoms with Gasteiger partial charge in [-0.15, -0.1) is 0 Å². The summed E-state index contributed by atoms with van der Waals surface area (Å²) < 4.78 is 5.95. The highest BCUT2D eigenvalue weighted by molar-refractivity contribution is 9.10. The molecule has 1 N–H and O–H groups in total. The zero-order valence-electron chi connectivity index (χ0n) is 10.0. The molecule has 100 valence electrons. The quantitative estimate of drug-likeness (QED) is 0.737. The topological polar surface area (TPSA) is 59.2 Å². The molecule has 0 aliphatic carbocycles. The number of phenols is 1. The van der Waals surface area contributed by atoms with E-state index in [-0.39, 0.29) is 11.6 Å². The molecule has 0 atom stereocenters. The number of hydrogen-bond donors (Lipinski definition) is 1. The van der Waals surface area contributed by atoms with Gasteiger partial charge in [-0.25, -0.2) is 0 Å². The molecule has 1 heterocycles. The van der Waals surface area contributed by atoms with Crippen molar-refractivity contribution < 1.29 is 9.63 Å². The summed E-state index contributed by atoms with van der Waals surface area (Å²) in [5, 5.41) is 14.3. The van der Waals surface area contributed by atoms with Gasteiger partial charge in [0.05, 0.1) is 10.6 Å². The Morgan fingerprint density at radius 2 is 1.90 bits per heavy atom. The van der Waals surface area contributed by atoms with Gasteiger partial charge in [-0.3, -0.25) is 0 Å². The molecule has 0 radical (unpaired) electrons. The number of aromatic hydroxyl groups is 1. The Morgan fingerprint density at radius 1 is 1.10 bits per heavy atom. The van der Waals surface area contributed by atoms with Crippen molar-refractivity contribution in [1.29, 1.82) is 0 Å². The van der Waals surface area contributed by atoms with Crippen LogP contribution in [0, 0.1) is 0 Å². The molecule has 0 bridgehead atoms. The monoisotopic (exact) mass is 350 g/mol. The van der Waals surface area contributed by atoms with Crippen LogP contribution in [0.2, 0.25) is 5.02 Å². The van der Waals surface area contributed by atoms with Gasteiger partial charge in [-0.2, -0.15) is 4.98 Å². The maximum Gasteiger partial charge on any atom is 0.261 e. The molecule has 0 unspecified atom stereocenters. The maximum atomic E-state index is 9.90. The molecule has 4 nitrogen and oxygen atoms in total. The van der Waals surface area contributed by atoms with Crippen LogP contribution in [-0.2, 0) is 0 Å². The Balaban J connectivity index is 2.04. The van der Waals surface area contributed by atoms with Crippen molar-refractivity contribution in [1.82, 2.24) is 10.1 Å². The molecule has 0 fully saturated rings. The number of aromatic nitrogens is 2. The summed E-state index contributed by atoms with van der Waals surface area (Å²) in [7, 11) is 0. The Morgan fingerprint density at radius 3 is 2.65 bits per heavy atom. The Labute approximate surface area is 128 Å². The van der Waals surface area contributed by atoms with E-state index in [0.29, 0.717) is 22.0 Å². The third-order valence-electron chi connectivity index (χ3n) is 2.73. The molecule has 0 saturated heterocycles. The van der Waals surface area contributed by atoms with Gasteiger partial charge < -0.3 is 9.63 Å². The van der Waals surface area contributed by atoms with E-state index in [1.807, 2.05) is 12.1 Å². The molecule has 0 aliphatic heterocycles. The number of nitrogens with zero attached hydrogens (tertiary/aromatic N) is 2. The molecule has 3 rings (SSSR count). The lowest BCUT2D eigenvalue weighted by Crippen LogP contribution is -1.83. The highest BCUT2D eigenvalue weighted by Crippen LogP contribution is 2.32. The lowest BCUT2D eigenvalue weighted by atomic mass is 10.2. The van der Waals surface area contributed by atoms with Crippen molar-refractivity contribution in [2.45, 2.75) is 0 Å². The second-order valence-corrected chi connectivity index (χ2v) is 5.39. The predicted octanol–water partition coefficient (Wildman–Crippen LogP) is 4.53. The summed E-state index contributed by atoms with van der Waals surface area (Å²) in [6.07, 6.45) is 0. The van der Waals surface area contributed by atoms with Gasteiger partial charge in [0.2, 0.25) is 5.82 Å². The van der Waals surface area contributed by atoms with Crippen LogP contribution in [0.5, 0.6) is 5.75 Å². The van der Waals surface area contributed by atoms with Crippen molar-refractivity contribution in [2.75, 3.05) is 0 Å². The first kappa shape index (κ1) is 13.1. The first-order valence-corrected chi connectivity index (χ1v) is 6.90. The van der Waals surface area contributed by atoms with Crippen LogP contribution in [0.4, 0.5) is 0 Å². The Bertz CT molecular complexity index is 773. The first-order chi connectivity index (χ1) is 9.65. The molecule has 3 aromatic rings. The van der Waals surface area contributed by atoms with E-state index >= 15 is 0 Å². The van der Waals surface area contributed by atoms with Crippen molar-refractivity contribution in [2.24, 2.45) is 0 Å². The van der Waals surface area contributed by atoms with Crippen LogP contribution in [-0.4, -0.2) is 15.2 Å². The average Bonchev–Trinajstić information content (AvgIpc) is 2.88. The average molecular weight is 352 g/mol. The fourth-order valence-electron chi connectivity index (χ4n) is 1.77. The van der Waals surface area contributed by atoms with Gasteiger partial charge in [0, 0.05) is 10.0 Å². The van der Waals surface area contributed by atoms with E-state index in [4.69, 9.17) is 16.1 Å². The molecule has 0 saturated carbocycles. The second kappa shape index (κ2) is 5.26. The maximum absolute atomic E-state index is 9.90. The van der Waals surface area contributed by atoms with E-state index < -0.39 is 0 Å². The van der Waals surface area contributed by atoms with Crippen LogP contribution in [0.25, 0.3) is 22.8 Å². The zero-order chi connectivity index (χ0) is 14.1. The largest absolute Gasteiger partial charge is 0.507 e. The summed E-state index contributed by atoms with van der Waals surface area (Å²) in [6, 6.07) is 12.3. The highest BCUT2D eigenvalue weighted by atomic mass is 79.9. The zero-order valence-corrected chi connectivity index (χ0v) is 12.4. The number of halogens is 2. The van der Waals surface area contributed by atoms with Crippen LogP contribution < -0.4 is 0 Å². The molecule has 0 aliphatic rings. The smallest absolute Gasteiger partial charge is 0.261 e. The van der Waals surface area contributed by atoms with Crippen LogP contribution in [0.15, 0.2) is 51.5 Å². The number of phenolic OH excluding ortho intramolecular Hbond substituents is 1. The molecule has 20 heavy (non-hydrogen) atoms. The lowest BCUT2D eigenvalue weighted by Gasteiger charge is -1.99. The van der Waals surface area contributed by atoms with E-state index in [0.717, 1.165) is 4.47 Å². The molecule has 6 heteroatoms. The fourth-order valence-corrected chi connectivity index (χ4v) is 2.34. The predicted molar refractivity (Wildman–Crippen MR) is 79.5 cm³/mol. The van der Waals surface area contributed by atoms with Crippen LogP contribution in [0.1, 0.15) is 0 Å². The van der Waals surface area contributed by atoms with E-state index in [1.165, 1.54) is 0 Å². The molecule has 1 aromatic heterocycles. The van der Waals surface area contributed by atoms with Crippen molar-refractivity contribution in [3.05, 3.63) is 52.0 Å². The summed E-state index contributed by atoms with van der Waals surface area (Å²) in [5.74, 6) is 0.687. The molecular weight excluding hydrogens is 344 g/mol.